The second-order valence-electron chi connectivity index (χ2n) is 3.68. The lowest BCUT2D eigenvalue weighted by Crippen LogP contribution is -2.11. The van der Waals surface area contributed by atoms with Crippen LogP contribution in [-0.2, 0) is 6.18 Å². The van der Waals surface area contributed by atoms with Gasteiger partial charge in [-0.1, -0.05) is 18.2 Å². The highest BCUT2D eigenvalue weighted by molar-refractivity contribution is 5.93. The molecule has 1 aromatic heterocycles. The molecule has 1 amide bonds. The molecule has 0 spiro atoms. The largest absolute Gasteiger partial charge is 0.431 e. The van der Waals surface area contributed by atoms with E-state index in [9.17, 15) is 18.0 Å². The topological polar surface area (TPSA) is 48.0 Å². The number of aromatic nitrogens is 1. The van der Waals surface area contributed by atoms with Crippen molar-refractivity contribution in [2.75, 3.05) is 0 Å². The number of hydrogen-bond donors (Lipinski definition) is 1. The van der Waals surface area contributed by atoms with E-state index in [1.807, 2.05) is 0 Å². The Labute approximate surface area is 101 Å². The molecule has 0 radical (unpaired) electrons. The maximum absolute atomic E-state index is 12.8. The Morgan fingerprint density at radius 1 is 1.17 bits per heavy atom. The van der Waals surface area contributed by atoms with Crippen molar-refractivity contribution in [1.82, 2.24) is 4.57 Å². The van der Waals surface area contributed by atoms with Crippen molar-refractivity contribution < 1.29 is 18.0 Å². The second kappa shape index (κ2) is 4.21. The molecular weight excluding hydrogens is 245 g/mol. The van der Waals surface area contributed by atoms with Crippen molar-refractivity contribution in [3.8, 4) is 5.69 Å². The molecule has 0 fully saturated rings. The van der Waals surface area contributed by atoms with Gasteiger partial charge in [-0.25, -0.2) is 0 Å². The van der Waals surface area contributed by atoms with Crippen LogP contribution in [0.15, 0.2) is 42.6 Å². The normalized spacial score (nSPS) is 11.5. The Morgan fingerprint density at radius 3 is 2.28 bits per heavy atom. The van der Waals surface area contributed by atoms with Crippen molar-refractivity contribution in [3.05, 3.63) is 53.9 Å². The van der Waals surface area contributed by atoms with E-state index in [1.165, 1.54) is 12.1 Å². The van der Waals surface area contributed by atoms with Gasteiger partial charge in [0.05, 0.1) is 5.56 Å². The number of para-hydroxylation sites is 1. The third kappa shape index (κ3) is 2.22. The molecule has 2 N–H and O–H groups in total. The molecule has 0 aliphatic heterocycles. The smallest absolute Gasteiger partial charge is 0.366 e. The van der Waals surface area contributed by atoms with Gasteiger partial charge in [0.1, 0.15) is 5.69 Å². The Hall–Kier alpha value is -2.24. The highest BCUT2D eigenvalue weighted by atomic mass is 19.4. The molecule has 0 saturated heterocycles. The fourth-order valence-corrected chi connectivity index (χ4v) is 1.62. The van der Waals surface area contributed by atoms with Gasteiger partial charge in [0.2, 0.25) is 5.91 Å². The van der Waals surface area contributed by atoms with E-state index in [0.717, 1.165) is 16.8 Å². The Bertz CT molecular complexity index is 573. The molecule has 18 heavy (non-hydrogen) atoms. The average Bonchev–Trinajstić information content (AvgIpc) is 2.74. The molecule has 6 heteroatoms. The summed E-state index contributed by atoms with van der Waals surface area (Å²) in [5, 5.41) is 0. The lowest BCUT2D eigenvalue weighted by Gasteiger charge is -2.11. The molecular formula is C12H9F3N2O. The number of primary amides is 1. The second-order valence-corrected chi connectivity index (χ2v) is 3.68. The minimum atomic E-state index is -4.55. The zero-order valence-corrected chi connectivity index (χ0v) is 9.11. The number of carbonyl (C=O) groups is 1. The minimum Gasteiger partial charge on any atom is -0.366 e. The van der Waals surface area contributed by atoms with E-state index in [-0.39, 0.29) is 5.56 Å². The standard InChI is InChI=1S/C12H9F3N2O/c13-12(14,15)10-6-8(11(16)18)7-17(10)9-4-2-1-3-5-9/h1-7H,(H2,16,18). The molecule has 0 aliphatic rings. The number of rotatable bonds is 2. The number of benzene rings is 1. The Kier molecular flexibility index (Phi) is 2.86. The summed E-state index contributed by atoms with van der Waals surface area (Å²) in [6, 6.07) is 8.68. The molecule has 3 nitrogen and oxygen atoms in total. The SMILES string of the molecule is NC(=O)c1cc(C(F)(F)F)n(-c2ccccc2)c1. The zero-order valence-electron chi connectivity index (χ0n) is 9.11. The number of halogens is 3. The Balaban J connectivity index is 2.62. The van der Waals surface area contributed by atoms with Crippen molar-refractivity contribution in [2.24, 2.45) is 5.73 Å². The van der Waals surface area contributed by atoms with Gasteiger partial charge in [0.15, 0.2) is 0 Å². The van der Waals surface area contributed by atoms with Gasteiger partial charge >= 0.3 is 6.18 Å². The highest BCUT2D eigenvalue weighted by Crippen LogP contribution is 2.32. The van der Waals surface area contributed by atoms with Crippen LogP contribution in [0.5, 0.6) is 0 Å². The van der Waals surface area contributed by atoms with E-state index in [4.69, 9.17) is 5.73 Å². The Morgan fingerprint density at radius 2 is 1.78 bits per heavy atom. The summed E-state index contributed by atoms with van der Waals surface area (Å²) in [7, 11) is 0. The molecule has 2 aromatic rings. The number of alkyl halides is 3. The molecule has 0 atom stereocenters. The molecule has 0 bridgehead atoms. The van der Waals surface area contributed by atoms with Gasteiger partial charge in [-0.3, -0.25) is 4.79 Å². The van der Waals surface area contributed by atoms with Crippen LogP contribution >= 0.6 is 0 Å². The van der Waals surface area contributed by atoms with Gasteiger partial charge < -0.3 is 10.3 Å². The predicted octanol–water partition coefficient (Wildman–Crippen LogP) is 2.60. The maximum atomic E-state index is 12.8. The van der Waals surface area contributed by atoms with Crippen molar-refractivity contribution in [2.45, 2.75) is 6.18 Å². The number of nitrogens with two attached hydrogens (primary N) is 1. The van der Waals surface area contributed by atoms with E-state index in [0.29, 0.717) is 5.69 Å². The van der Waals surface area contributed by atoms with E-state index in [1.54, 1.807) is 18.2 Å². The highest BCUT2D eigenvalue weighted by Gasteiger charge is 2.35. The fourth-order valence-electron chi connectivity index (χ4n) is 1.62. The molecule has 1 heterocycles. The summed E-state index contributed by atoms with van der Waals surface area (Å²) in [5.74, 6) is -0.893. The average molecular weight is 254 g/mol. The van der Waals surface area contributed by atoms with Gasteiger partial charge in [-0.15, -0.1) is 0 Å². The predicted molar refractivity (Wildman–Crippen MR) is 59.3 cm³/mol. The zero-order chi connectivity index (χ0) is 13.3. The summed E-state index contributed by atoms with van der Waals surface area (Å²) in [5.41, 5.74) is 4.21. The molecule has 0 aliphatic carbocycles. The number of carbonyl (C=O) groups excluding carboxylic acids is 1. The molecule has 0 unspecified atom stereocenters. The van der Waals surface area contributed by atoms with Crippen LogP contribution in [-0.4, -0.2) is 10.5 Å². The summed E-state index contributed by atoms with van der Waals surface area (Å²) < 4.78 is 39.4. The number of nitrogens with zero attached hydrogens (tertiary/aromatic N) is 1. The lowest BCUT2D eigenvalue weighted by atomic mass is 10.3. The molecule has 1 aromatic carbocycles. The quantitative estimate of drug-likeness (QED) is 0.879. The van der Waals surface area contributed by atoms with Gasteiger partial charge in [-0.05, 0) is 18.2 Å². The van der Waals surface area contributed by atoms with Crippen molar-refractivity contribution in [3.63, 3.8) is 0 Å². The third-order valence-electron chi connectivity index (χ3n) is 2.43. The van der Waals surface area contributed by atoms with Gasteiger partial charge in [-0.2, -0.15) is 13.2 Å². The monoisotopic (exact) mass is 254 g/mol. The van der Waals surface area contributed by atoms with Crippen LogP contribution in [0.25, 0.3) is 5.69 Å². The maximum Gasteiger partial charge on any atom is 0.431 e. The van der Waals surface area contributed by atoms with E-state index >= 15 is 0 Å². The van der Waals surface area contributed by atoms with Gasteiger partial charge in [0.25, 0.3) is 0 Å². The van der Waals surface area contributed by atoms with Crippen LogP contribution in [0.4, 0.5) is 13.2 Å². The molecule has 0 saturated carbocycles. The first-order valence-electron chi connectivity index (χ1n) is 5.04. The third-order valence-corrected chi connectivity index (χ3v) is 2.43. The van der Waals surface area contributed by atoms with Crippen LogP contribution in [0.2, 0.25) is 0 Å². The van der Waals surface area contributed by atoms with E-state index in [2.05, 4.69) is 0 Å². The summed E-state index contributed by atoms with van der Waals surface area (Å²) in [4.78, 5) is 11.0. The van der Waals surface area contributed by atoms with Crippen molar-refractivity contribution in [1.29, 1.82) is 0 Å². The fraction of sp³-hybridized carbons (Fsp3) is 0.0833. The first-order valence-corrected chi connectivity index (χ1v) is 5.04. The van der Waals surface area contributed by atoms with Gasteiger partial charge in [0, 0.05) is 11.9 Å². The van der Waals surface area contributed by atoms with Crippen LogP contribution in [0.3, 0.4) is 0 Å². The summed E-state index contributed by atoms with van der Waals surface area (Å²) >= 11 is 0. The van der Waals surface area contributed by atoms with Crippen molar-refractivity contribution >= 4 is 5.91 Å². The number of amides is 1. The molecule has 2 rings (SSSR count). The lowest BCUT2D eigenvalue weighted by molar-refractivity contribution is -0.142. The van der Waals surface area contributed by atoms with Crippen LogP contribution < -0.4 is 5.73 Å². The summed E-state index contributed by atoms with van der Waals surface area (Å²) in [6.45, 7) is 0. The minimum absolute atomic E-state index is 0.175. The van der Waals surface area contributed by atoms with E-state index < -0.39 is 17.8 Å². The van der Waals surface area contributed by atoms with Crippen LogP contribution in [0.1, 0.15) is 16.1 Å². The first-order chi connectivity index (χ1) is 8.39. The number of hydrogen-bond acceptors (Lipinski definition) is 1. The van der Waals surface area contributed by atoms with Crippen LogP contribution in [0, 0.1) is 0 Å². The molecule has 94 valence electrons. The summed E-state index contributed by atoms with van der Waals surface area (Å²) in [6.07, 6.45) is -3.47. The first kappa shape index (κ1) is 12.2.